The molecule has 1 unspecified atom stereocenters. The van der Waals surface area contributed by atoms with E-state index >= 15 is 0 Å². The van der Waals surface area contributed by atoms with Gasteiger partial charge in [0.1, 0.15) is 0 Å². The third-order valence-corrected chi connectivity index (χ3v) is 3.96. The third kappa shape index (κ3) is 6.60. The Morgan fingerprint density at radius 1 is 1.30 bits per heavy atom. The zero-order valence-electron chi connectivity index (χ0n) is 13.9. The van der Waals surface area contributed by atoms with Crippen molar-refractivity contribution in [1.29, 1.82) is 0 Å². The van der Waals surface area contributed by atoms with Crippen LogP contribution in [-0.2, 0) is 0 Å². The zero-order chi connectivity index (χ0) is 14.8. The molecule has 0 radical (unpaired) electrons. The highest BCUT2D eigenvalue weighted by Crippen LogP contribution is 2.18. The maximum atomic E-state index is 4.77. The topological polar surface area (TPSA) is 39.7 Å². The van der Waals surface area contributed by atoms with Crippen molar-refractivity contribution in [3.8, 4) is 0 Å². The van der Waals surface area contributed by atoms with Gasteiger partial charge in [-0.15, -0.1) is 0 Å². The van der Waals surface area contributed by atoms with Gasteiger partial charge in [-0.3, -0.25) is 4.99 Å². The van der Waals surface area contributed by atoms with Crippen LogP contribution in [0.15, 0.2) is 4.99 Å². The molecule has 0 aromatic heterocycles. The van der Waals surface area contributed by atoms with Gasteiger partial charge in [-0.05, 0) is 52.5 Å². The molecular weight excluding hydrogens is 248 g/mol. The van der Waals surface area contributed by atoms with Crippen molar-refractivity contribution in [2.24, 2.45) is 10.9 Å². The molecule has 0 bridgehead atoms. The Bertz CT molecular complexity index is 276. The van der Waals surface area contributed by atoms with E-state index in [1.807, 2.05) is 0 Å². The predicted molar refractivity (Wildman–Crippen MR) is 88.3 cm³/mol. The minimum absolute atomic E-state index is 0.665. The minimum Gasteiger partial charge on any atom is -0.357 e. The molecule has 4 nitrogen and oxygen atoms in total. The number of piperidine rings is 1. The molecule has 0 aromatic rings. The highest BCUT2D eigenvalue weighted by atomic mass is 15.2. The molecule has 118 valence electrons. The van der Waals surface area contributed by atoms with Gasteiger partial charge in [0.25, 0.3) is 0 Å². The Hall–Kier alpha value is -0.770. The fourth-order valence-corrected chi connectivity index (χ4v) is 2.66. The van der Waals surface area contributed by atoms with Crippen molar-refractivity contribution in [3.63, 3.8) is 0 Å². The molecule has 1 rings (SSSR count). The van der Waals surface area contributed by atoms with Gasteiger partial charge in [0, 0.05) is 32.2 Å². The Morgan fingerprint density at radius 2 is 2.10 bits per heavy atom. The van der Waals surface area contributed by atoms with Crippen LogP contribution in [0.2, 0.25) is 0 Å². The van der Waals surface area contributed by atoms with Crippen molar-refractivity contribution in [2.75, 3.05) is 32.7 Å². The second kappa shape index (κ2) is 10.0. The van der Waals surface area contributed by atoms with E-state index < -0.39 is 0 Å². The average molecular weight is 282 g/mol. The van der Waals surface area contributed by atoms with E-state index in [2.05, 4.69) is 43.2 Å². The first-order valence-corrected chi connectivity index (χ1v) is 8.43. The van der Waals surface area contributed by atoms with E-state index in [4.69, 9.17) is 4.99 Å². The highest BCUT2D eigenvalue weighted by molar-refractivity contribution is 5.79. The van der Waals surface area contributed by atoms with Gasteiger partial charge < -0.3 is 15.5 Å². The fraction of sp³-hybridized carbons (Fsp3) is 0.938. The number of nitrogens with one attached hydrogen (secondary N) is 2. The first kappa shape index (κ1) is 17.3. The first-order chi connectivity index (χ1) is 9.67. The lowest BCUT2D eigenvalue weighted by atomic mass is 9.97. The molecule has 0 spiro atoms. The smallest absolute Gasteiger partial charge is 0.191 e. The maximum Gasteiger partial charge on any atom is 0.191 e. The third-order valence-electron chi connectivity index (χ3n) is 3.96. The fourth-order valence-electron chi connectivity index (χ4n) is 2.66. The van der Waals surface area contributed by atoms with Crippen molar-refractivity contribution in [1.82, 2.24) is 15.5 Å². The molecule has 1 fully saturated rings. The van der Waals surface area contributed by atoms with Gasteiger partial charge in [0.2, 0.25) is 0 Å². The van der Waals surface area contributed by atoms with E-state index in [0.717, 1.165) is 25.6 Å². The second-order valence-electron chi connectivity index (χ2n) is 6.10. The molecule has 1 aliphatic rings. The van der Waals surface area contributed by atoms with Crippen LogP contribution in [0, 0.1) is 5.92 Å². The van der Waals surface area contributed by atoms with E-state index in [1.54, 1.807) is 0 Å². The molecule has 1 atom stereocenters. The number of unbranched alkanes of at least 4 members (excludes halogenated alkanes) is 1. The van der Waals surface area contributed by atoms with Gasteiger partial charge in [-0.25, -0.2) is 0 Å². The van der Waals surface area contributed by atoms with Gasteiger partial charge in [0.15, 0.2) is 5.96 Å². The van der Waals surface area contributed by atoms with Crippen LogP contribution in [0.25, 0.3) is 0 Å². The molecule has 0 aromatic carbocycles. The number of aliphatic imine (C=N–C) groups is 1. The number of likely N-dealkylation sites (tertiary alicyclic amines) is 1. The predicted octanol–water partition coefficient (Wildman–Crippen LogP) is 2.46. The van der Waals surface area contributed by atoms with Crippen LogP contribution in [0.4, 0.5) is 0 Å². The van der Waals surface area contributed by atoms with Crippen LogP contribution in [-0.4, -0.2) is 49.6 Å². The van der Waals surface area contributed by atoms with Crippen LogP contribution < -0.4 is 10.6 Å². The summed E-state index contributed by atoms with van der Waals surface area (Å²) in [4.78, 5) is 7.35. The van der Waals surface area contributed by atoms with Crippen LogP contribution >= 0.6 is 0 Å². The lowest BCUT2D eigenvalue weighted by Crippen LogP contribution is -2.42. The highest BCUT2D eigenvalue weighted by Gasteiger charge is 2.21. The first-order valence-electron chi connectivity index (χ1n) is 8.43. The lowest BCUT2D eigenvalue weighted by Gasteiger charge is -2.34. The summed E-state index contributed by atoms with van der Waals surface area (Å²) in [5, 5.41) is 6.76. The van der Waals surface area contributed by atoms with Gasteiger partial charge in [0.05, 0.1) is 0 Å². The average Bonchev–Trinajstić information content (AvgIpc) is 2.45. The van der Waals surface area contributed by atoms with E-state index in [-0.39, 0.29) is 0 Å². The van der Waals surface area contributed by atoms with Crippen molar-refractivity contribution in [3.05, 3.63) is 0 Å². The lowest BCUT2D eigenvalue weighted by molar-refractivity contribution is 0.143. The van der Waals surface area contributed by atoms with Crippen LogP contribution in [0.5, 0.6) is 0 Å². The van der Waals surface area contributed by atoms with Gasteiger partial charge >= 0.3 is 0 Å². The molecule has 1 saturated heterocycles. The number of nitrogens with zero attached hydrogens (tertiary/aromatic N) is 2. The van der Waals surface area contributed by atoms with Gasteiger partial charge in [-0.2, -0.15) is 0 Å². The van der Waals surface area contributed by atoms with Crippen LogP contribution in [0.3, 0.4) is 0 Å². The van der Waals surface area contributed by atoms with E-state index in [9.17, 15) is 0 Å². The number of guanidine groups is 1. The summed E-state index contributed by atoms with van der Waals surface area (Å²) in [6.07, 6.45) is 5.06. The summed E-state index contributed by atoms with van der Waals surface area (Å²) < 4.78 is 0. The van der Waals surface area contributed by atoms with E-state index in [1.165, 1.54) is 38.8 Å². The molecule has 2 N–H and O–H groups in total. The standard InChI is InChI=1S/C16H34N4/c1-5-7-10-18-16(17-6-2)19-12-15-9-8-11-20(13-15)14(3)4/h14-15H,5-13H2,1-4H3,(H2,17,18,19). The summed E-state index contributed by atoms with van der Waals surface area (Å²) in [5.41, 5.74) is 0. The van der Waals surface area contributed by atoms with Crippen molar-refractivity contribution in [2.45, 2.75) is 59.4 Å². The van der Waals surface area contributed by atoms with Crippen molar-refractivity contribution >= 4 is 5.96 Å². The summed E-state index contributed by atoms with van der Waals surface area (Å²) in [6, 6.07) is 0.665. The Labute approximate surface area is 125 Å². The zero-order valence-corrected chi connectivity index (χ0v) is 13.9. The summed E-state index contributed by atoms with van der Waals surface area (Å²) in [6.45, 7) is 14.3. The SMILES string of the molecule is CCCCNC(=NCC1CCCN(C(C)C)C1)NCC. The number of rotatable bonds is 7. The molecule has 1 heterocycles. The molecule has 4 heteroatoms. The molecule has 20 heavy (non-hydrogen) atoms. The van der Waals surface area contributed by atoms with Crippen LogP contribution in [0.1, 0.15) is 53.4 Å². The molecular formula is C16H34N4. The summed E-state index contributed by atoms with van der Waals surface area (Å²) >= 11 is 0. The molecule has 0 saturated carbocycles. The Balaban J connectivity index is 2.40. The Kier molecular flexibility index (Phi) is 8.67. The van der Waals surface area contributed by atoms with E-state index in [0.29, 0.717) is 12.0 Å². The molecule has 0 aliphatic carbocycles. The summed E-state index contributed by atoms with van der Waals surface area (Å²) in [7, 11) is 0. The normalized spacial score (nSPS) is 21.2. The number of hydrogen-bond acceptors (Lipinski definition) is 2. The second-order valence-corrected chi connectivity index (χ2v) is 6.10. The largest absolute Gasteiger partial charge is 0.357 e. The van der Waals surface area contributed by atoms with Crippen molar-refractivity contribution < 1.29 is 0 Å². The monoisotopic (exact) mass is 282 g/mol. The quantitative estimate of drug-likeness (QED) is 0.428. The minimum atomic E-state index is 0.665. The Morgan fingerprint density at radius 3 is 2.75 bits per heavy atom. The number of hydrogen-bond donors (Lipinski definition) is 2. The molecule has 1 aliphatic heterocycles. The molecule has 0 amide bonds. The maximum absolute atomic E-state index is 4.77. The summed E-state index contributed by atoms with van der Waals surface area (Å²) in [5.74, 6) is 1.70. The van der Waals surface area contributed by atoms with Gasteiger partial charge in [-0.1, -0.05) is 13.3 Å².